The zero-order valence-electron chi connectivity index (χ0n) is 16.0. The van der Waals surface area contributed by atoms with Gasteiger partial charge in [0.15, 0.2) is 5.13 Å². The minimum Gasteiger partial charge on any atom is -0.308 e. The van der Waals surface area contributed by atoms with Crippen LogP contribution >= 0.6 is 11.3 Å². The highest BCUT2D eigenvalue weighted by atomic mass is 32.1. The lowest BCUT2D eigenvalue weighted by Gasteiger charge is -2.22. The lowest BCUT2D eigenvalue weighted by molar-refractivity contribution is 0.0985. The van der Waals surface area contributed by atoms with Crippen LogP contribution in [0.4, 0.5) is 5.13 Å². The van der Waals surface area contributed by atoms with Gasteiger partial charge in [-0.3, -0.25) is 9.69 Å². The van der Waals surface area contributed by atoms with E-state index in [1.807, 2.05) is 50.2 Å². The van der Waals surface area contributed by atoms with Crippen molar-refractivity contribution < 1.29 is 4.79 Å². The predicted octanol–water partition coefficient (Wildman–Crippen LogP) is 4.43. The number of carbonyl (C=O) groups excluding carboxylic acids is 1. The maximum atomic E-state index is 13.2. The van der Waals surface area contributed by atoms with E-state index in [0.29, 0.717) is 12.1 Å². The Bertz CT molecular complexity index is 928. The number of rotatable bonds is 5. The quantitative estimate of drug-likeness (QED) is 0.669. The SMILES string of the molecule is Cc1ccc(C(=O)N(CCN(C)C)c2nc3cc(C)cc(C)c3s2)cc1. The number of amides is 1. The summed E-state index contributed by atoms with van der Waals surface area (Å²) in [6.45, 7) is 7.59. The first-order valence-corrected chi connectivity index (χ1v) is 9.58. The van der Waals surface area contributed by atoms with E-state index in [-0.39, 0.29) is 5.91 Å². The molecule has 0 saturated heterocycles. The molecule has 0 spiro atoms. The number of likely N-dealkylation sites (N-methyl/N-ethyl adjacent to an activating group) is 1. The van der Waals surface area contributed by atoms with Crippen LogP contribution in [0.5, 0.6) is 0 Å². The highest BCUT2D eigenvalue weighted by Gasteiger charge is 2.21. The topological polar surface area (TPSA) is 36.4 Å². The van der Waals surface area contributed by atoms with Crippen molar-refractivity contribution in [2.45, 2.75) is 20.8 Å². The number of fused-ring (bicyclic) bond motifs is 1. The van der Waals surface area contributed by atoms with E-state index in [1.165, 1.54) is 11.1 Å². The summed E-state index contributed by atoms with van der Waals surface area (Å²) in [6, 6.07) is 12.0. The van der Waals surface area contributed by atoms with Crippen LogP contribution in [-0.2, 0) is 0 Å². The molecular formula is C21H25N3OS. The molecule has 2 aromatic carbocycles. The van der Waals surface area contributed by atoms with Gasteiger partial charge in [0.2, 0.25) is 0 Å². The van der Waals surface area contributed by atoms with Crippen LogP contribution in [-0.4, -0.2) is 43.0 Å². The minimum absolute atomic E-state index is 0.000260. The first-order chi connectivity index (χ1) is 12.3. The van der Waals surface area contributed by atoms with Crippen LogP contribution in [0.2, 0.25) is 0 Å². The Kier molecular flexibility index (Phi) is 5.39. The summed E-state index contributed by atoms with van der Waals surface area (Å²) in [5.74, 6) is 0.000260. The van der Waals surface area contributed by atoms with Gasteiger partial charge in [-0.05, 0) is 64.2 Å². The summed E-state index contributed by atoms with van der Waals surface area (Å²) >= 11 is 1.59. The maximum Gasteiger partial charge on any atom is 0.260 e. The van der Waals surface area contributed by atoms with Gasteiger partial charge in [0.25, 0.3) is 5.91 Å². The van der Waals surface area contributed by atoms with Crippen LogP contribution in [0.15, 0.2) is 36.4 Å². The number of aryl methyl sites for hydroxylation is 3. The highest BCUT2D eigenvalue weighted by molar-refractivity contribution is 7.22. The fourth-order valence-electron chi connectivity index (χ4n) is 2.92. The lowest BCUT2D eigenvalue weighted by atomic mass is 10.1. The molecule has 0 radical (unpaired) electrons. The summed E-state index contributed by atoms with van der Waals surface area (Å²) in [7, 11) is 4.03. The van der Waals surface area contributed by atoms with Crippen LogP contribution in [0, 0.1) is 20.8 Å². The van der Waals surface area contributed by atoms with E-state index in [2.05, 4.69) is 30.9 Å². The average Bonchev–Trinajstić information content (AvgIpc) is 2.99. The smallest absolute Gasteiger partial charge is 0.260 e. The highest BCUT2D eigenvalue weighted by Crippen LogP contribution is 2.32. The number of benzene rings is 2. The number of aromatic nitrogens is 1. The first kappa shape index (κ1) is 18.5. The monoisotopic (exact) mass is 367 g/mol. The molecule has 26 heavy (non-hydrogen) atoms. The van der Waals surface area contributed by atoms with Gasteiger partial charge in [-0.15, -0.1) is 0 Å². The summed E-state index contributed by atoms with van der Waals surface area (Å²) in [5.41, 5.74) is 5.21. The lowest BCUT2D eigenvalue weighted by Crippen LogP contribution is -2.36. The third kappa shape index (κ3) is 3.94. The van der Waals surface area contributed by atoms with E-state index in [0.717, 1.165) is 27.5 Å². The molecule has 0 atom stereocenters. The van der Waals surface area contributed by atoms with E-state index < -0.39 is 0 Å². The molecule has 0 unspecified atom stereocenters. The summed E-state index contributed by atoms with van der Waals surface area (Å²) in [5, 5.41) is 0.765. The van der Waals surface area contributed by atoms with Crippen molar-refractivity contribution in [1.82, 2.24) is 9.88 Å². The van der Waals surface area contributed by atoms with Gasteiger partial charge in [-0.1, -0.05) is 35.1 Å². The third-order valence-corrected chi connectivity index (χ3v) is 5.58. The van der Waals surface area contributed by atoms with Gasteiger partial charge in [-0.2, -0.15) is 0 Å². The second-order valence-corrected chi connectivity index (χ2v) is 8.03. The van der Waals surface area contributed by atoms with E-state index in [4.69, 9.17) is 4.98 Å². The number of hydrogen-bond acceptors (Lipinski definition) is 4. The molecule has 0 bridgehead atoms. The summed E-state index contributed by atoms with van der Waals surface area (Å²) in [6.07, 6.45) is 0. The molecule has 1 aromatic heterocycles. The Labute approximate surface area is 159 Å². The summed E-state index contributed by atoms with van der Waals surface area (Å²) < 4.78 is 1.15. The first-order valence-electron chi connectivity index (χ1n) is 8.76. The Hall–Kier alpha value is -2.24. The Balaban J connectivity index is 2.01. The van der Waals surface area contributed by atoms with Gasteiger partial charge in [0.05, 0.1) is 10.2 Å². The van der Waals surface area contributed by atoms with Crippen molar-refractivity contribution in [3.05, 3.63) is 58.7 Å². The standard InChI is InChI=1S/C21H25N3OS/c1-14-6-8-17(9-7-14)20(25)24(11-10-23(4)5)21-22-18-13-15(2)12-16(3)19(18)26-21/h6-9,12-13H,10-11H2,1-5H3. The van der Waals surface area contributed by atoms with Crippen LogP contribution in [0.3, 0.4) is 0 Å². The molecule has 1 heterocycles. The molecule has 0 aliphatic rings. The predicted molar refractivity (Wildman–Crippen MR) is 111 cm³/mol. The van der Waals surface area contributed by atoms with Gasteiger partial charge in [0, 0.05) is 18.7 Å². The molecule has 0 aliphatic carbocycles. The molecule has 1 amide bonds. The molecule has 3 aromatic rings. The average molecular weight is 368 g/mol. The van der Waals surface area contributed by atoms with E-state index in [9.17, 15) is 4.79 Å². The van der Waals surface area contributed by atoms with E-state index >= 15 is 0 Å². The molecule has 0 fully saturated rings. The van der Waals surface area contributed by atoms with Gasteiger partial charge >= 0.3 is 0 Å². The van der Waals surface area contributed by atoms with Gasteiger partial charge in [0.1, 0.15) is 0 Å². The molecular weight excluding hydrogens is 342 g/mol. The number of nitrogens with zero attached hydrogens (tertiary/aromatic N) is 3. The number of hydrogen-bond donors (Lipinski definition) is 0. The number of carbonyl (C=O) groups is 1. The zero-order chi connectivity index (χ0) is 18.8. The fourth-order valence-corrected chi connectivity index (χ4v) is 3.96. The van der Waals surface area contributed by atoms with Crippen molar-refractivity contribution in [3.8, 4) is 0 Å². The minimum atomic E-state index is 0.000260. The van der Waals surface area contributed by atoms with Crippen LogP contribution in [0.25, 0.3) is 10.2 Å². The normalized spacial score (nSPS) is 11.3. The molecule has 136 valence electrons. The molecule has 0 N–H and O–H groups in total. The molecule has 4 nitrogen and oxygen atoms in total. The summed E-state index contributed by atoms with van der Waals surface area (Å²) in [4.78, 5) is 21.8. The Morgan fingerprint density at radius 1 is 1.00 bits per heavy atom. The number of anilines is 1. The fraction of sp³-hybridized carbons (Fsp3) is 0.333. The third-order valence-electron chi connectivity index (χ3n) is 4.35. The Morgan fingerprint density at radius 3 is 2.35 bits per heavy atom. The zero-order valence-corrected chi connectivity index (χ0v) is 16.9. The van der Waals surface area contributed by atoms with Crippen molar-refractivity contribution in [3.63, 3.8) is 0 Å². The molecule has 0 aliphatic heterocycles. The van der Waals surface area contributed by atoms with Gasteiger partial charge < -0.3 is 4.90 Å². The van der Waals surface area contributed by atoms with Crippen molar-refractivity contribution >= 4 is 32.6 Å². The van der Waals surface area contributed by atoms with Crippen LogP contribution < -0.4 is 4.90 Å². The second kappa shape index (κ2) is 7.56. The van der Waals surface area contributed by atoms with Crippen molar-refractivity contribution in [2.75, 3.05) is 32.1 Å². The van der Waals surface area contributed by atoms with Crippen molar-refractivity contribution in [2.24, 2.45) is 0 Å². The second-order valence-electron chi connectivity index (χ2n) is 7.05. The van der Waals surface area contributed by atoms with Crippen molar-refractivity contribution in [1.29, 1.82) is 0 Å². The molecule has 3 rings (SSSR count). The maximum absolute atomic E-state index is 13.2. The molecule has 5 heteroatoms. The molecule has 0 saturated carbocycles. The Morgan fingerprint density at radius 2 is 1.69 bits per heavy atom. The van der Waals surface area contributed by atoms with E-state index in [1.54, 1.807) is 11.3 Å². The largest absolute Gasteiger partial charge is 0.308 e. The van der Waals surface area contributed by atoms with Crippen LogP contribution in [0.1, 0.15) is 27.0 Å². The number of thiazole rings is 1. The van der Waals surface area contributed by atoms with Gasteiger partial charge in [-0.25, -0.2) is 4.98 Å².